The van der Waals surface area contributed by atoms with Gasteiger partial charge < -0.3 is 15.2 Å². The summed E-state index contributed by atoms with van der Waals surface area (Å²) in [6, 6.07) is 9.01. The number of nitrogens with zero attached hydrogens (tertiary/aromatic N) is 3. The highest BCUT2D eigenvalue weighted by Crippen LogP contribution is 2.09. The molecule has 0 aliphatic heterocycles. The summed E-state index contributed by atoms with van der Waals surface area (Å²) >= 11 is 0. The van der Waals surface area contributed by atoms with Gasteiger partial charge in [-0.15, -0.1) is 0 Å². The first-order chi connectivity index (χ1) is 11.6. The van der Waals surface area contributed by atoms with Gasteiger partial charge in [-0.2, -0.15) is 0 Å². The van der Waals surface area contributed by atoms with E-state index in [9.17, 15) is 0 Å². The highest BCUT2D eigenvalue weighted by atomic mass is 15.2. The van der Waals surface area contributed by atoms with Gasteiger partial charge in [0.15, 0.2) is 5.96 Å². The Morgan fingerprint density at radius 1 is 1.29 bits per heavy atom. The predicted molar refractivity (Wildman–Crippen MR) is 100 cm³/mol. The Morgan fingerprint density at radius 2 is 2.08 bits per heavy atom. The van der Waals surface area contributed by atoms with E-state index in [1.165, 1.54) is 11.1 Å². The molecule has 0 saturated carbocycles. The molecule has 130 valence electrons. The molecule has 2 aromatic rings. The van der Waals surface area contributed by atoms with Crippen LogP contribution in [0.5, 0.6) is 0 Å². The first-order valence-corrected chi connectivity index (χ1v) is 8.72. The summed E-state index contributed by atoms with van der Waals surface area (Å²) in [5.74, 6) is 1.91. The fraction of sp³-hybridized carbons (Fsp3) is 0.474. The van der Waals surface area contributed by atoms with Gasteiger partial charge in [-0.25, -0.2) is 9.98 Å². The fourth-order valence-corrected chi connectivity index (χ4v) is 2.42. The number of hydrogen-bond acceptors (Lipinski definition) is 2. The number of aryl methyl sites for hydroxylation is 1. The maximum Gasteiger partial charge on any atom is 0.191 e. The molecule has 5 nitrogen and oxygen atoms in total. The van der Waals surface area contributed by atoms with Crippen molar-refractivity contribution in [3.8, 4) is 0 Å². The van der Waals surface area contributed by atoms with Crippen molar-refractivity contribution < 1.29 is 0 Å². The third-order valence-electron chi connectivity index (χ3n) is 4.03. The van der Waals surface area contributed by atoms with Crippen molar-refractivity contribution in [2.24, 2.45) is 4.99 Å². The van der Waals surface area contributed by atoms with Crippen LogP contribution in [0.4, 0.5) is 0 Å². The van der Waals surface area contributed by atoms with Crippen molar-refractivity contribution >= 4 is 5.96 Å². The Labute approximate surface area is 145 Å². The molecule has 2 N–H and O–H groups in total. The molecular weight excluding hydrogens is 298 g/mol. The van der Waals surface area contributed by atoms with Gasteiger partial charge in [-0.3, -0.25) is 0 Å². The molecule has 0 fully saturated rings. The van der Waals surface area contributed by atoms with Crippen LogP contribution in [0.2, 0.25) is 0 Å². The van der Waals surface area contributed by atoms with Crippen LogP contribution in [0.1, 0.15) is 44.1 Å². The Bertz CT molecular complexity index is 659. The second-order valence-corrected chi connectivity index (χ2v) is 6.07. The molecule has 1 unspecified atom stereocenters. The Kier molecular flexibility index (Phi) is 6.85. The van der Waals surface area contributed by atoms with Gasteiger partial charge in [0.2, 0.25) is 0 Å². The maximum absolute atomic E-state index is 4.70. The summed E-state index contributed by atoms with van der Waals surface area (Å²) in [6.07, 6.45) is 4.93. The van der Waals surface area contributed by atoms with E-state index in [2.05, 4.69) is 65.2 Å². The van der Waals surface area contributed by atoms with Crippen LogP contribution in [0, 0.1) is 6.92 Å². The van der Waals surface area contributed by atoms with Crippen LogP contribution < -0.4 is 10.6 Å². The van der Waals surface area contributed by atoms with E-state index in [4.69, 9.17) is 4.99 Å². The van der Waals surface area contributed by atoms with Crippen molar-refractivity contribution in [1.82, 2.24) is 20.2 Å². The highest BCUT2D eigenvalue weighted by Gasteiger charge is 2.03. The third-order valence-corrected chi connectivity index (χ3v) is 4.03. The normalized spacial score (nSPS) is 12.9. The fourth-order valence-electron chi connectivity index (χ4n) is 2.42. The second kappa shape index (κ2) is 9.11. The zero-order valence-electron chi connectivity index (χ0n) is 15.2. The molecule has 1 aromatic heterocycles. The van der Waals surface area contributed by atoms with Crippen molar-refractivity contribution in [2.45, 2.75) is 53.2 Å². The summed E-state index contributed by atoms with van der Waals surface area (Å²) in [4.78, 5) is 8.98. The molecule has 0 bridgehead atoms. The predicted octanol–water partition coefficient (Wildman–Crippen LogP) is 3.09. The number of guanidine groups is 1. The lowest BCUT2D eigenvalue weighted by Gasteiger charge is -2.16. The Balaban J connectivity index is 2.04. The van der Waals surface area contributed by atoms with E-state index < -0.39 is 0 Å². The molecule has 0 saturated heterocycles. The molecule has 0 spiro atoms. The van der Waals surface area contributed by atoms with Crippen LogP contribution >= 0.6 is 0 Å². The summed E-state index contributed by atoms with van der Waals surface area (Å²) in [5, 5.41) is 6.73. The number of imidazole rings is 1. The highest BCUT2D eigenvalue weighted by molar-refractivity contribution is 5.80. The van der Waals surface area contributed by atoms with Gasteiger partial charge in [0.25, 0.3) is 0 Å². The largest absolute Gasteiger partial charge is 0.357 e. The van der Waals surface area contributed by atoms with E-state index in [0.29, 0.717) is 12.6 Å². The van der Waals surface area contributed by atoms with Crippen molar-refractivity contribution in [3.63, 3.8) is 0 Å². The molecule has 1 heterocycles. The first kappa shape index (κ1) is 18.0. The molecule has 5 heteroatoms. The zero-order chi connectivity index (χ0) is 17.4. The number of hydrogen-bond donors (Lipinski definition) is 2. The van der Waals surface area contributed by atoms with E-state index in [1.54, 1.807) is 0 Å². The molecular formula is C19H29N5. The summed E-state index contributed by atoms with van der Waals surface area (Å²) in [7, 11) is 0. The third kappa shape index (κ3) is 5.41. The zero-order valence-corrected chi connectivity index (χ0v) is 15.2. The van der Waals surface area contributed by atoms with E-state index in [1.807, 2.05) is 19.3 Å². The lowest BCUT2D eigenvalue weighted by atomic mass is 10.1. The number of benzene rings is 1. The van der Waals surface area contributed by atoms with Gasteiger partial charge in [-0.1, -0.05) is 31.2 Å². The van der Waals surface area contributed by atoms with Crippen LogP contribution in [0.15, 0.2) is 41.7 Å². The minimum absolute atomic E-state index is 0.415. The quantitative estimate of drug-likeness (QED) is 0.607. The summed E-state index contributed by atoms with van der Waals surface area (Å²) in [5.41, 5.74) is 2.48. The van der Waals surface area contributed by atoms with Crippen LogP contribution in [-0.2, 0) is 13.1 Å². The smallest absolute Gasteiger partial charge is 0.191 e. The summed E-state index contributed by atoms with van der Waals surface area (Å²) < 4.78 is 2.15. The number of aromatic nitrogens is 2. The topological polar surface area (TPSA) is 54.2 Å². The maximum atomic E-state index is 4.70. The molecule has 1 aromatic carbocycles. The van der Waals surface area contributed by atoms with E-state index in [-0.39, 0.29) is 0 Å². The number of aliphatic imine (C=N–C) groups is 1. The molecule has 0 radical (unpaired) electrons. The molecule has 0 aliphatic carbocycles. The van der Waals surface area contributed by atoms with Gasteiger partial charge in [-0.05, 0) is 38.3 Å². The summed E-state index contributed by atoms with van der Waals surface area (Å²) in [6.45, 7) is 10.8. The Morgan fingerprint density at radius 3 is 2.75 bits per heavy atom. The van der Waals surface area contributed by atoms with Crippen LogP contribution in [-0.4, -0.2) is 28.1 Å². The monoisotopic (exact) mass is 327 g/mol. The molecule has 2 rings (SSSR count). The minimum atomic E-state index is 0.415. The van der Waals surface area contributed by atoms with E-state index in [0.717, 1.165) is 31.3 Å². The minimum Gasteiger partial charge on any atom is -0.357 e. The first-order valence-electron chi connectivity index (χ1n) is 8.72. The standard InChI is InChI=1S/C19H29N5/c1-5-15(3)23-19(20-6-2)22-13-17-8-7-9-18(12-17)14-24-11-10-21-16(24)4/h7-12,15H,5-6,13-14H2,1-4H3,(H2,20,22,23). The molecule has 1 atom stereocenters. The van der Waals surface area contributed by atoms with E-state index >= 15 is 0 Å². The SMILES string of the molecule is CCNC(=NCc1cccc(Cn2ccnc2C)c1)NC(C)CC. The Hall–Kier alpha value is -2.30. The average Bonchev–Trinajstić information content (AvgIpc) is 2.98. The number of rotatable bonds is 7. The van der Waals surface area contributed by atoms with Crippen LogP contribution in [0.3, 0.4) is 0 Å². The lowest BCUT2D eigenvalue weighted by molar-refractivity contribution is 0.624. The van der Waals surface area contributed by atoms with Gasteiger partial charge in [0.05, 0.1) is 6.54 Å². The average molecular weight is 327 g/mol. The van der Waals surface area contributed by atoms with Gasteiger partial charge in [0.1, 0.15) is 5.82 Å². The van der Waals surface area contributed by atoms with Crippen molar-refractivity contribution in [1.29, 1.82) is 0 Å². The van der Waals surface area contributed by atoms with Crippen molar-refractivity contribution in [3.05, 3.63) is 53.6 Å². The molecule has 0 aliphatic rings. The molecule has 0 amide bonds. The van der Waals surface area contributed by atoms with Gasteiger partial charge >= 0.3 is 0 Å². The second-order valence-electron chi connectivity index (χ2n) is 6.07. The van der Waals surface area contributed by atoms with Crippen molar-refractivity contribution in [2.75, 3.05) is 6.54 Å². The van der Waals surface area contributed by atoms with Gasteiger partial charge in [0, 0.05) is 31.5 Å². The van der Waals surface area contributed by atoms with Crippen LogP contribution in [0.25, 0.3) is 0 Å². The molecule has 24 heavy (non-hydrogen) atoms. The number of nitrogens with one attached hydrogen (secondary N) is 2. The lowest BCUT2D eigenvalue weighted by Crippen LogP contribution is -2.41.